The smallest absolute Gasteiger partial charge is 0.355 e. The number of pyridine rings is 2. The number of H-pyrrole nitrogens is 1. The van der Waals surface area contributed by atoms with E-state index in [0.29, 0.717) is 29.3 Å². The summed E-state index contributed by atoms with van der Waals surface area (Å²) in [5.41, 5.74) is -0.330. The summed E-state index contributed by atoms with van der Waals surface area (Å²) in [7, 11) is 0. The molecule has 9 heteroatoms. The number of halogens is 3. The predicted molar refractivity (Wildman–Crippen MR) is 110 cm³/mol. The molecule has 0 amide bonds. The molecule has 1 atom stereocenters. The molecule has 3 aromatic heterocycles. The molecule has 6 nitrogen and oxygen atoms in total. The van der Waals surface area contributed by atoms with Gasteiger partial charge in [0.25, 0.3) is 0 Å². The summed E-state index contributed by atoms with van der Waals surface area (Å²) in [6, 6.07) is 6.24. The van der Waals surface area contributed by atoms with E-state index >= 15 is 0 Å². The number of nitrogens with one attached hydrogen (secondary N) is 2. The summed E-state index contributed by atoms with van der Waals surface area (Å²) in [4.78, 5) is 10.7. The van der Waals surface area contributed by atoms with Gasteiger partial charge in [0, 0.05) is 30.7 Å². The summed E-state index contributed by atoms with van der Waals surface area (Å²) in [6.07, 6.45) is -1.06. The number of fused-ring (bicyclic) bond motifs is 1. The fraction of sp³-hybridized carbons (Fsp3) is 0.476. The van der Waals surface area contributed by atoms with Crippen LogP contribution in [0.4, 0.5) is 19.0 Å². The van der Waals surface area contributed by atoms with Gasteiger partial charge < -0.3 is 10.2 Å². The summed E-state index contributed by atoms with van der Waals surface area (Å²) in [5, 5.41) is 10.8. The molecule has 0 radical (unpaired) electrons. The lowest BCUT2D eigenvalue weighted by molar-refractivity contribution is -0.137. The van der Waals surface area contributed by atoms with E-state index in [-0.39, 0.29) is 17.4 Å². The molecule has 1 unspecified atom stereocenters. The Labute approximate surface area is 172 Å². The van der Waals surface area contributed by atoms with Crippen LogP contribution < -0.4 is 10.2 Å². The summed E-state index contributed by atoms with van der Waals surface area (Å²) >= 11 is 0. The van der Waals surface area contributed by atoms with Crippen molar-refractivity contribution in [3.05, 3.63) is 36.0 Å². The molecular formula is C21H25F3N6. The fourth-order valence-corrected chi connectivity index (χ4v) is 4.01. The molecule has 4 heterocycles. The number of hydrogen-bond acceptors (Lipinski definition) is 5. The Kier molecular flexibility index (Phi) is 5.64. The first-order chi connectivity index (χ1) is 14.3. The van der Waals surface area contributed by atoms with Gasteiger partial charge in [0.05, 0.1) is 11.3 Å². The van der Waals surface area contributed by atoms with E-state index in [1.165, 1.54) is 6.07 Å². The van der Waals surface area contributed by atoms with Gasteiger partial charge in [-0.15, -0.1) is 0 Å². The van der Waals surface area contributed by atoms with E-state index in [0.717, 1.165) is 32.0 Å². The third kappa shape index (κ3) is 4.26. The Morgan fingerprint density at radius 2 is 2.07 bits per heavy atom. The molecule has 4 rings (SSSR count). The number of aromatic nitrogens is 4. The number of alkyl halides is 3. The molecule has 160 valence electrons. The van der Waals surface area contributed by atoms with Crippen molar-refractivity contribution in [2.24, 2.45) is 5.92 Å². The van der Waals surface area contributed by atoms with Crippen LogP contribution in [-0.4, -0.2) is 45.8 Å². The molecule has 3 aromatic rings. The molecule has 1 aliphatic rings. The molecule has 1 fully saturated rings. The SMILES string of the molecule is CC(C)CC1CN(c2ccc(C(F)(F)F)c(-c3[nH]nc4ncccc34)n2)CCCN1. The molecule has 0 saturated carbocycles. The van der Waals surface area contributed by atoms with E-state index in [2.05, 4.69) is 44.2 Å². The number of anilines is 1. The minimum absolute atomic E-state index is 0.145. The van der Waals surface area contributed by atoms with Crippen LogP contribution in [0.2, 0.25) is 0 Å². The highest BCUT2D eigenvalue weighted by Crippen LogP contribution is 2.38. The van der Waals surface area contributed by atoms with Crippen molar-refractivity contribution >= 4 is 16.9 Å². The first-order valence-electron chi connectivity index (χ1n) is 10.2. The number of hydrogen-bond donors (Lipinski definition) is 2. The van der Waals surface area contributed by atoms with Crippen LogP contribution in [0.1, 0.15) is 32.3 Å². The molecule has 1 aliphatic heterocycles. The molecule has 0 aliphatic carbocycles. The van der Waals surface area contributed by atoms with Gasteiger partial charge in [-0.3, -0.25) is 5.10 Å². The summed E-state index contributed by atoms with van der Waals surface area (Å²) in [6.45, 7) is 6.68. The second-order valence-corrected chi connectivity index (χ2v) is 8.12. The largest absolute Gasteiger partial charge is 0.418 e. The van der Waals surface area contributed by atoms with Crippen LogP contribution in [0.15, 0.2) is 30.5 Å². The molecular weight excluding hydrogens is 393 g/mol. The van der Waals surface area contributed by atoms with E-state index in [1.54, 1.807) is 18.3 Å². The van der Waals surface area contributed by atoms with Gasteiger partial charge >= 0.3 is 6.18 Å². The number of nitrogens with zero attached hydrogens (tertiary/aromatic N) is 4. The van der Waals surface area contributed by atoms with Gasteiger partial charge in [0.2, 0.25) is 0 Å². The topological polar surface area (TPSA) is 69.7 Å². The first-order valence-corrected chi connectivity index (χ1v) is 10.2. The highest BCUT2D eigenvalue weighted by atomic mass is 19.4. The van der Waals surface area contributed by atoms with Crippen molar-refractivity contribution in [3.8, 4) is 11.4 Å². The van der Waals surface area contributed by atoms with E-state index in [9.17, 15) is 13.2 Å². The Morgan fingerprint density at radius 1 is 1.23 bits per heavy atom. The maximum absolute atomic E-state index is 13.8. The third-order valence-electron chi connectivity index (χ3n) is 5.31. The molecule has 1 saturated heterocycles. The normalized spacial score (nSPS) is 18.2. The van der Waals surface area contributed by atoms with Gasteiger partial charge in [-0.05, 0) is 49.6 Å². The maximum atomic E-state index is 13.8. The van der Waals surface area contributed by atoms with Crippen LogP contribution in [0, 0.1) is 5.92 Å². The highest BCUT2D eigenvalue weighted by Gasteiger charge is 2.36. The lowest BCUT2D eigenvalue weighted by atomic mass is 10.0. The maximum Gasteiger partial charge on any atom is 0.418 e. The average molecular weight is 418 g/mol. The van der Waals surface area contributed by atoms with E-state index in [1.807, 2.05) is 0 Å². The standard InChI is InChI=1S/C21H25F3N6/c1-13(2)11-14-12-30(10-4-9-25-14)17-7-6-16(21(22,23)24)19(27-17)18-15-5-3-8-26-20(15)29-28-18/h3,5-8,13-14,25H,4,9-12H2,1-2H3,(H,26,28,29). The highest BCUT2D eigenvalue weighted by molar-refractivity contribution is 5.90. The van der Waals surface area contributed by atoms with Crippen LogP contribution in [0.3, 0.4) is 0 Å². The Hall–Kier alpha value is -2.68. The first kappa shape index (κ1) is 20.6. The lowest BCUT2D eigenvalue weighted by Crippen LogP contribution is -2.39. The van der Waals surface area contributed by atoms with Crippen molar-refractivity contribution in [2.45, 2.75) is 38.9 Å². The van der Waals surface area contributed by atoms with Crippen molar-refractivity contribution in [1.29, 1.82) is 0 Å². The predicted octanol–water partition coefficient (Wildman–Crippen LogP) is 4.25. The molecule has 0 bridgehead atoms. The van der Waals surface area contributed by atoms with Crippen LogP contribution in [-0.2, 0) is 6.18 Å². The number of aromatic amines is 1. The Bertz CT molecular complexity index is 1010. The zero-order valence-electron chi connectivity index (χ0n) is 17.0. The van der Waals surface area contributed by atoms with Crippen molar-refractivity contribution < 1.29 is 13.2 Å². The summed E-state index contributed by atoms with van der Waals surface area (Å²) < 4.78 is 41.3. The zero-order chi connectivity index (χ0) is 21.3. The van der Waals surface area contributed by atoms with Crippen LogP contribution in [0.25, 0.3) is 22.4 Å². The van der Waals surface area contributed by atoms with Crippen LogP contribution >= 0.6 is 0 Å². The molecule has 0 aromatic carbocycles. The summed E-state index contributed by atoms with van der Waals surface area (Å²) in [5.74, 6) is 1.07. The third-order valence-corrected chi connectivity index (χ3v) is 5.31. The fourth-order valence-electron chi connectivity index (χ4n) is 4.01. The molecule has 2 N–H and O–H groups in total. The molecule has 0 spiro atoms. The minimum atomic E-state index is -4.53. The van der Waals surface area contributed by atoms with E-state index < -0.39 is 11.7 Å². The van der Waals surface area contributed by atoms with Crippen molar-refractivity contribution in [1.82, 2.24) is 25.5 Å². The van der Waals surface area contributed by atoms with Gasteiger partial charge in [0.15, 0.2) is 5.65 Å². The Morgan fingerprint density at radius 3 is 2.83 bits per heavy atom. The van der Waals surface area contributed by atoms with Gasteiger partial charge in [-0.1, -0.05) is 13.8 Å². The number of rotatable bonds is 4. The quantitative estimate of drug-likeness (QED) is 0.663. The second kappa shape index (κ2) is 8.22. The van der Waals surface area contributed by atoms with Gasteiger partial charge in [-0.2, -0.15) is 18.3 Å². The second-order valence-electron chi connectivity index (χ2n) is 8.12. The van der Waals surface area contributed by atoms with Crippen molar-refractivity contribution in [2.75, 3.05) is 24.5 Å². The van der Waals surface area contributed by atoms with Crippen LogP contribution in [0.5, 0.6) is 0 Å². The lowest BCUT2D eigenvalue weighted by Gasteiger charge is -2.27. The average Bonchev–Trinajstić information content (AvgIpc) is 2.99. The zero-order valence-corrected chi connectivity index (χ0v) is 17.0. The van der Waals surface area contributed by atoms with Gasteiger partial charge in [0.1, 0.15) is 11.5 Å². The van der Waals surface area contributed by atoms with Gasteiger partial charge in [-0.25, -0.2) is 9.97 Å². The Balaban J connectivity index is 1.77. The minimum Gasteiger partial charge on any atom is -0.355 e. The monoisotopic (exact) mass is 418 g/mol. The van der Waals surface area contributed by atoms with Crippen molar-refractivity contribution in [3.63, 3.8) is 0 Å². The molecule has 30 heavy (non-hydrogen) atoms. The van der Waals surface area contributed by atoms with E-state index in [4.69, 9.17) is 0 Å².